The summed E-state index contributed by atoms with van der Waals surface area (Å²) in [5.74, 6) is -2.85. The molecular formula is C8H10F2N2O. The Morgan fingerprint density at radius 2 is 1.92 bits per heavy atom. The minimum absolute atomic E-state index is 0.0212. The number of hydrogen-bond donors (Lipinski definition) is 0. The van der Waals surface area contributed by atoms with Crippen molar-refractivity contribution in [2.24, 2.45) is 0 Å². The number of hydrogen-bond acceptors (Lipinski definition) is 3. The summed E-state index contributed by atoms with van der Waals surface area (Å²) < 4.78 is 29.3. The maximum Gasteiger partial charge on any atom is 0.316 e. The van der Waals surface area contributed by atoms with Crippen LogP contribution in [0.25, 0.3) is 0 Å². The van der Waals surface area contributed by atoms with E-state index in [4.69, 9.17) is 0 Å². The molecule has 0 amide bonds. The molecule has 0 aliphatic heterocycles. The summed E-state index contributed by atoms with van der Waals surface area (Å²) in [4.78, 5) is 7.43. The van der Waals surface area contributed by atoms with Gasteiger partial charge in [-0.15, -0.1) is 0 Å². The van der Waals surface area contributed by atoms with Gasteiger partial charge in [0, 0.05) is 19.3 Å². The van der Waals surface area contributed by atoms with Gasteiger partial charge in [0.1, 0.15) is 0 Å². The fourth-order valence-electron chi connectivity index (χ4n) is 0.647. The first kappa shape index (κ1) is 9.83. The van der Waals surface area contributed by atoms with Crippen LogP contribution in [0.1, 0.15) is 12.5 Å². The third-order valence-corrected chi connectivity index (χ3v) is 1.21. The van der Waals surface area contributed by atoms with E-state index in [1.54, 1.807) is 6.92 Å². The highest BCUT2D eigenvalue weighted by atomic mass is 19.3. The van der Waals surface area contributed by atoms with Gasteiger partial charge in [-0.2, -0.15) is 0 Å². The summed E-state index contributed by atoms with van der Waals surface area (Å²) >= 11 is 0. The second kappa shape index (κ2) is 3.64. The molecule has 0 spiro atoms. The Bertz CT molecular complexity index is 268. The molecule has 0 unspecified atom stereocenters. The van der Waals surface area contributed by atoms with Crippen LogP contribution in [0.5, 0.6) is 6.01 Å². The Morgan fingerprint density at radius 3 is 2.38 bits per heavy atom. The van der Waals surface area contributed by atoms with Gasteiger partial charge in [-0.1, -0.05) is 0 Å². The van der Waals surface area contributed by atoms with E-state index in [9.17, 15) is 8.78 Å². The van der Waals surface area contributed by atoms with Crippen molar-refractivity contribution in [1.29, 1.82) is 0 Å². The van der Waals surface area contributed by atoms with E-state index in [1.165, 1.54) is 12.4 Å². The van der Waals surface area contributed by atoms with Crippen molar-refractivity contribution in [2.75, 3.05) is 6.61 Å². The molecule has 1 rings (SSSR count). The van der Waals surface area contributed by atoms with Gasteiger partial charge in [0.15, 0.2) is 6.61 Å². The molecule has 1 aromatic heterocycles. The Labute approximate surface area is 74.8 Å². The quantitative estimate of drug-likeness (QED) is 0.725. The van der Waals surface area contributed by atoms with Gasteiger partial charge in [0.05, 0.1) is 0 Å². The van der Waals surface area contributed by atoms with Crippen LogP contribution in [0.2, 0.25) is 0 Å². The highest BCUT2D eigenvalue weighted by molar-refractivity contribution is 5.04. The molecule has 72 valence electrons. The Kier molecular flexibility index (Phi) is 2.75. The van der Waals surface area contributed by atoms with Crippen molar-refractivity contribution in [2.45, 2.75) is 19.8 Å². The maximum absolute atomic E-state index is 12.3. The predicted molar refractivity (Wildman–Crippen MR) is 42.9 cm³/mol. The zero-order valence-corrected chi connectivity index (χ0v) is 7.42. The minimum Gasteiger partial charge on any atom is -0.457 e. The minimum atomic E-state index is -2.85. The summed E-state index contributed by atoms with van der Waals surface area (Å²) in [5.41, 5.74) is 0.857. The molecule has 0 aromatic carbocycles. The van der Waals surface area contributed by atoms with Gasteiger partial charge in [-0.25, -0.2) is 18.7 Å². The van der Waals surface area contributed by atoms with E-state index in [0.717, 1.165) is 12.5 Å². The van der Waals surface area contributed by atoms with E-state index in [0.29, 0.717) is 0 Å². The van der Waals surface area contributed by atoms with E-state index in [1.807, 2.05) is 0 Å². The van der Waals surface area contributed by atoms with Gasteiger partial charge >= 0.3 is 6.01 Å². The standard InChI is InChI=1S/C8H10F2N2O/c1-6-3-11-7(12-4-6)13-5-8(2,9)10/h3-4H,5H2,1-2H3. The van der Waals surface area contributed by atoms with Gasteiger partial charge in [-0.05, 0) is 12.5 Å². The van der Waals surface area contributed by atoms with Crippen molar-refractivity contribution in [3.63, 3.8) is 0 Å². The summed E-state index contributed by atoms with van der Waals surface area (Å²) in [5, 5.41) is 0. The van der Waals surface area contributed by atoms with Crippen LogP contribution in [0.4, 0.5) is 8.78 Å². The van der Waals surface area contributed by atoms with Crippen LogP contribution in [0, 0.1) is 6.92 Å². The second-order valence-electron chi connectivity index (χ2n) is 2.90. The number of alkyl halides is 2. The van der Waals surface area contributed by atoms with Crippen molar-refractivity contribution in [3.8, 4) is 6.01 Å². The molecule has 0 aliphatic rings. The lowest BCUT2D eigenvalue weighted by molar-refractivity contribution is -0.0256. The molecule has 3 nitrogen and oxygen atoms in total. The predicted octanol–water partition coefficient (Wildman–Crippen LogP) is 1.82. The number of nitrogens with zero attached hydrogens (tertiary/aromatic N) is 2. The van der Waals surface area contributed by atoms with Crippen molar-refractivity contribution in [1.82, 2.24) is 9.97 Å². The highest BCUT2D eigenvalue weighted by Crippen LogP contribution is 2.12. The fraction of sp³-hybridized carbons (Fsp3) is 0.500. The molecule has 13 heavy (non-hydrogen) atoms. The van der Waals surface area contributed by atoms with E-state index in [2.05, 4.69) is 14.7 Å². The summed E-state index contributed by atoms with van der Waals surface area (Å²) in [6.07, 6.45) is 3.02. The number of rotatable bonds is 3. The molecule has 5 heteroatoms. The van der Waals surface area contributed by atoms with Crippen molar-refractivity contribution in [3.05, 3.63) is 18.0 Å². The number of ether oxygens (including phenoxy) is 1. The van der Waals surface area contributed by atoms with Gasteiger partial charge < -0.3 is 4.74 Å². The number of aromatic nitrogens is 2. The second-order valence-corrected chi connectivity index (χ2v) is 2.90. The smallest absolute Gasteiger partial charge is 0.316 e. The lowest BCUT2D eigenvalue weighted by Crippen LogP contribution is -2.21. The molecule has 0 atom stereocenters. The molecule has 0 radical (unpaired) electrons. The van der Waals surface area contributed by atoms with Crippen LogP contribution in [0.3, 0.4) is 0 Å². The molecular weight excluding hydrogens is 178 g/mol. The van der Waals surface area contributed by atoms with E-state index < -0.39 is 12.5 Å². The normalized spacial score (nSPS) is 11.4. The first-order chi connectivity index (χ1) is 5.97. The SMILES string of the molecule is Cc1cnc(OCC(C)(F)F)nc1. The molecule has 0 saturated heterocycles. The molecule has 1 aromatic rings. The first-order valence-electron chi connectivity index (χ1n) is 3.77. The Hall–Kier alpha value is -1.26. The summed E-state index contributed by atoms with van der Waals surface area (Å²) in [7, 11) is 0. The topological polar surface area (TPSA) is 35.0 Å². The zero-order valence-electron chi connectivity index (χ0n) is 7.42. The average molecular weight is 188 g/mol. The first-order valence-corrected chi connectivity index (χ1v) is 3.77. The monoisotopic (exact) mass is 188 g/mol. The van der Waals surface area contributed by atoms with E-state index in [-0.39, 0.29) is 6.01 Å². The Morgan fingerprint density at radius 1 is 1.38 bits per heavy atom. The molecule has 0 aliphatic carbocycles. The number of aryl methyl sites for hydroxylation is 1. The molecule has 0 saturated carbocycles. The lowest BCUT2D eigenvalue weighted by atomic mass is 10.4. The van der Waals surface area contributed by atoms with Gasteiger partial charge in [-0.3, -0.25) is 0 Å². The van der Waals surface area contributed by atoms with Crippen molar-refractivity contribution >= 4 is 0 Å². The van der Waals surface area contributed by atoms with Crippen LogP contribution in [0.15, 0.2) is 12.4 Å². The third-order valence-electron chi connectivity index (χ3n) is 1.21. The van der Waals surface area contributed by atoms with Crippen LogP contribution in [-0.4, -0.2) is 22.5 Å². The van der Waals surface area contributed by atoms with Gasteiger partial charge in [0.25, 0.3) is 5.92 Å². The fourth-order valence-corrected chi connectivity index (χ4v) is 0.647. The summed E-state index contributed by atoms with van der Waals surface area (Å²) in [6, 6.07) is -0.0212. The molecule has 0 N–H and O–H groups in total. The largest absolute Gasteiger partial charge is 0.457 e. The zero-order chi connectivity index (χ0) is 9.90. The van der Waals surface area contributed by atoms with Crippen LogP contribution >= 0.6 is 0 Å². The Balaban J connectivity index is 2.51. The summed E-state index contributed by atoms with van der Waals surface area (Å²) in [6.45, 7) is 1.88. The van der Waals surface area contributed by atoms with Crippen LogP contribution in [-0.2, 0) is 0 Å². The maximum atomic E-state index is 12.3. The van der Waals surface area contributed by atoms with E-state index >= 15 is 0 Å². The lowest BCUT2D eigenvalue weighted by Gasteiger charge is -2.09. The highest BCUT2D eigenvalue weighted by Gasteiger charge is 2.22. The average Bonchev–Trinajstić information content (AvgIpc) is 2.02. The number of halogens is 2. The van der Waals surface area contributed by atoms with Crippen LogP contribution < -0.4 is 4.74 Å². The molecule has 0 fully saturated rings. The third kappa shape index (κ3) is 3.78. The molecule has 1 heterocycles. The van der Waals surface area contributed by atoms with Crippen molar-refractivity contribution < 1.29 is 13.5 Å². The van der Waals surface area contributed by atoms with Gasteiger partial charge in [0.2, 0.25) is 0 Å². The molecule has 0 bridgehead atoms.